The van der Waals surface area contributed by atoms with Crippen molar-refractivity contribution in [3.63, 3.8) is 0 Å². The van der Waals surface area contributed by atoms with Gasteiger partial charge >= 0.3 is 0 Å². The van der Waals surface area contributed by atoms with Crippen molar-refractivity contribution in [2.75, 3.05) is 10.2 Å². The normalized spacial score (nSPS) is 16.0. The minimum atomic E-state index is -0.394. The van der Waals surface area contributed by atoms with Gasteiger partial charge in [0.2, 0.25) is 11.8 Å². The number of anilines is 2. The van der Waals surface area contributed by atoms with E-state index in [0.717, 1.165) is 17.7 Å². The van der Waals surface area contributed by atoms with Gasteiger partial charge in [0, 0.05) is 27.5 Å². The summed E-state index contributed by atoms with van der Waals surface area (Å²) in [7, 11) is 0. The van der Waals surface area contributed by atoms with Gasteiger partial charge in [-0.2, -0.15) is 0 Å². The van der Waals surface area contributed by atoms with Crippen LogP contribution in [0.15, 0.2) is 42.5 Å². The third kappa shape index (κ3) is 3.55. The van der Waals surface area contributed by atoms with Crippen molar-refractivity contribution in [1.82, 2.24) is 0 Å². The van der Waals surface area contributed by atoms with Crippen molar-refractivity contribution >= 4 is 46.4 Å². The number of nitrogens with zero attached hydrogens (tertiary/aromatic N) is 1. The molecule has 2 amide bonds. The van der Waals surface area contributed by atoms with Crippen LogP contribution in [0.4, 0.5) is 11.4 Å². The molecular weight excluding hydrogens is 347 g/mol. The summed E-state index contributed by atoms with van der Waals surface area (Å²) < 4.78 is 0. The van der Waals surface area contributed by atoms with Crippen LogP contribution in [0.2, 0.25) is 10.0 Å². The Morgan fingerprint density at radius 2 is 1.83 bits per heavy atom. The number of nitrogens with one attached hydrogen (secondary N) is 1. The molecule has 2 aromatic rings. The first-order valence-electron chi connectivity index (χ1n) is 7.60. The molecule has 24 heavy (non-hydrogen) atoms. The molecule has 4 nitrogen and oxygen atoms in total. The largest absolute Gasteiger partial charge is 0.326 e. The molecule has 1 aliphatic rings. The third-order valence-corrected chi connectivity index (χ3v) is 4.37. The van der Waals surface area contributed by atoms with Crippen LogP contribution in [0.5, 0.6) is 0 Å². The minimum Gasteiger partial charge on any atom is -0.326 e. The van der Waals surface area contributed by atoms with Gasteiger partial charge in [-0.15, -0.1) is 0 Å². The maximum absolute atomic E-state index is 12.6. The molecule has 1 aliphatic heterocycles. The molecule has 0 spiro atoms. The highest BCUT2D eigenvalue weighted by molar-refractivity contribution is 6.35. The van der Waals surface area contributed by atoms with Gasteiger partial charge in [-0.25, -0.2) is 0 Å². The van der Waals surface area contributed by atoms with Gasteiger partial charge in [0.25, 0.3) is 0 Å². The molecule has 2 aromatic carbocycles. The van der Waals surface area contributed by atoms with Gasteiger partial charge in [0.1, 0.15) is 6.42 Å². The quantitative estimate of drug-likeness (QED) is 0.827. The van der Waals surface area contributed by atoms with E-state index >= 15 is 0 Å². The second-order valence-electron chi connectivity index (χ2n) is 5.83. The van der Waals surface area contributed by atoms with E-state index in [9.17, 15) is 9.59 Å². The summed E-state index contributed by atoms with van der Waals surface area (Å²) >= 11 is 11.8. The lowest BCUT2D eigenvalue weighted by Gasteiger charge is -2.22. The van der Waals surface area contributed by atoms with Gasteiger partial charge < -0.3 is 10.2 Å². The second-order valence-corrected chi connectivity index (χ2v) is 6.70. The van der Waals surface area contributed by atoms with Crippen LogP contribution in [-0.2, 0) is 16.0 Å². The van der Waals surface area contributed by atoms with Crippen molar-refractivity contribution in [3.8, 4) is 0 Å². The summed E-state index contributed by atoms with van der Waals surface area (Å²) in [6.07, 6.45) is 0.566. The molecule has 1 heterocycles. The minimum absolute atomic E-state index is 0.0447. The molecule has 0 radical (unpaired) electrons. The Morgan fingerprint density at radius 1 is 1.17 bits per heavy atom. The molecule has 124 valence electrons. The standard InChI is InChI=1S/C18H16Cl2N2O2/c1-11-6-12-4-2-3-5-16(12)22(11)18(24)10-17(23)21-15-8-13(19)7-14(20)9-15/h2-5,7-9,11H,6,10H2,1H3,(H,21,23). The van der Waals surface area contributed by atoms with E-state index < -0.39 is 5.91 Å². The molecular formula is C18H16Cl2N2O2. The molecule has 0 fully saturated rings. The maximum atomic E-state index is 12.6. The lowest BCUT2D eigenvalue weighted by atomic mass is 10.1. The zero-order valence-electron chi connectivity index (χ0n) is 13.1. The summed E-state index contributed by atoms with van der Waals surface area (Å²) in [5.74, 6) is -0.618. The van der Waals surface area contributed by atoms with E-state index in [1.54, 1.807) is 23.1 Å². The number of carbonyl (C=O) groups excluding carboxylic acids is 2. The Bertz CT molecular complexity index is 787. The van der Waals surface area contributed by atoms with Crippen molar-refractivity contribution in [2.24, 2.45) is 0 Å². The Balaban J connectivity index is 1.69. The summed E-state index contributed by atoms with van der Waals surface area (Å²) in [5, 5.41) is 3.51. The Hall–Kier alpha value is -2.04. The first-order chi connectivity index (χ1) is 11.4. The van der Waals surface area contributed by atoms with Crippen LogP contribution in [0.25, 0.3) is 0 Å². The number of fused-ring (bicyclic) bond motifs is 1. The summed E-state index contributed by atoms with van der Waals surface area (Å²) in [6, 6.07) is 12.6. The molecule has 0 aromatic heterocycles. The molecule has 1 N–H and O–H groups in total. The fraction of sp³-hybridized carbons (Fsp3) is 0.222. The third-order valence-electron chi connectivity index (χ3n) is 3.93. The molecule has 6 heteroatoms. The van der Waals surface area contributed by atoms with Crippen molar-refractivity contribution < 1.29 is 9.59 Å². The van der Waals surface area contributed by atoms with E-state index in [1.165, 1.54) is 0 Å². The topological polar surface area (TPSA) is 49.4 Å². The average molecular weight is 363 g/mol. The van der Waals surface area contributed by atoms with Crippen LogP contribution in [0.1, 0.15) is 18.9 Å². The summed E-state index contributed by atoms with van der Waals surface area (Å²) in [6.45, 7) is 1.98. The van der Waals surface area contributed by atoms with Crippen LogP contribution in [0.3, 0.4) is 0 Å². The number of para-hydroxylation sites is 1. The van der Waals surface area contributed by atoms with Gasteiger partial charge in [-0.1, -0.05) is 41.4 Å². The average Bonchev–Trinajstić information content (AvgIpc) is 2.81. The number of rotatable bonds is 3. The van der Waals surface area contributed by atoms with Crippen molar-refractivity contribution in [1.29, 1.82) is 0 Å². The SMILES string of the molecule is CC1Cc2ccccc2N1C(=O)CC(=O)Nc1cc(Cl)cc(Cl)c1. The van der Waals surface area contributed by atoms with Gasteiger partial charge in [-0.3, -0.25) is 9.59 Å². The molecule has 0 bridgehead atoms. The fourth-order valence-corrected chi connectivity index (χ4v) is 3.53. The molecule has 1 atom stereocenters. The first-order valence-corrected chi connectivity index (χ1v) is 8.35. The van der Waals surface area contributed by atoms with Gasteiger partial charge in [0.15, 0.2) is 0 Å². The van der Waals surface area contributed by atoms with E-state index in [0.29, 0.717) is 15.7 Å². The summed E-state index contributed by atoms with van der Waals surface area (Å²) in [4.78, 5) is 26.4. The van der Waals surface area contributed by atoms with Crippen molar-refractivity contribution in [2.45, 2.75) is 25.8 Å². The predicted octanol–water partition coefficient (Wildman–Crippen LogP) is 4.30. The Labute approximate surface area is 150 Å². The van der Waals surface area contributed by atoms with Crippen LogP contribution >= 0.6 is 23.2 Å². The zero-order valence-corrected chi connectivity index (χ0v) is 14.6. The van der Waals surface area contributed by atoms with Crippen LogP contribution in [-0.4, -0.2) is 17.9 Å². The van der Waals surface area contributed by atoms with E-state index in [2.05, 4.69) is 5.32 Å². The molecule has 0 saturated heterocycles. The van der Waals surface area contributed by atoms with Crippen LogP contribution < -0.4 is 10.2 Å². The zero-order chi connectivity index (χ0) is 17.3. The van der Waals surface area contributed by atoms with Gasteiger partial charge in [0.05, 0.1) is 0 Å². The lowest BCUT2D eigenvalue weighted by Crippen LogP contribution is -2.37. The summed E-state index contributed by atoms with van der Waals surface area (Å²) in [5.41, 5.74) is 2.48. The Kier molecular flexibility index (Phi) is 4.78. The van der Waals surface area contributed by atoms with E-state index in [4.69, 9.17) is 23.2 Å². The Morgan fingerprint density at radius 3 is 2.54 bits per heavy atom. The molecule has 3 rings (SSSR count). The molecule has 1 unspecified atom stereocenters. The van der Waals surface area contributed by atoms with Crippen molar-refractivity contribution in [3.05, 3.63) is 58.1 Å². The van der Waals surface area contributed by atoms with E-state index in [1.807, 2.05) is 31.2 Å². The van der Waals surface area contributed by atoms with Crippen LogP contribution in [0, 0.1) is 0 Å². The maximum Gasteiger partial charge on any atom is 0.236 e. The highest BCUT2D eigenvalue weighted by atomic mass is 35.5. The molecule has 0 saturated carbocycles. The first kappa shape index (κ1) is 16.8. The second kappa shape index (κ2) is 6.83. The predicted molar refractivity (Wildman–Crippen MR) is 96.8 cm³/mol. The number of hydrogen-bond acceptors (Lipinski definition) is 2. The number of halogens is 2. The highest BCUT2D eigenvalue weighted by Crippen LogP contribution is 2.32. The fourth-order valence-electron chi connectivity index (χ4n) is 3.00. The van der Waals surface area contributed by atoms with Gasteiger partial charge in [-0.05, 0) is 43.2 Å². The number of carbonyl (C=O) groups is 2. The van der Waals surface area contributed by atoms with E-state index in [-0.39, 0.29) is 18.4 Å². The number of benzene rings is 2. The highest BCUT2D eigenvalue weighted by Gasteiger charge is 2.31. The monoisotopic (exact) mass is 362 g/mol. The smallest absolute Gasteiger partial charge is 0.236 e. The molecule has 0 aliphatic carbocycles. The number of hydrogen-bond donors (Lipinski definition) is 1. The number of amides is 2. The lowest BCUT2D eigenvalue weighted by molar-refractivity contribution is -0.125.